The molecule has 138 valence electrons. The maximum atomic E-state index is 4.24. The van der Waals surface area contributed by atoms with E-state index in [-0.39, 0.29) is 24.0 Å². The lowest BCUT2D eigenvalue weighted by atomic mass is 10.3. The number of unbranched alkanes of at least 4 members (excludes halogenated alkanes) is 1. The molecule has 0 atom stereocenters. The van der Waals surface area contributed by atoms with Crippen molar-refractivity contribution in [2.24, 2.45) is 4.99 Å². The number of aromatic nitrogens is 3. The van der Waals surface area contributed by atoms with Crippen LogP contribution in [-0.2, 0) is 6.54 Å². The van der Waals surface area contributed by atoms with Gasteiger partial charge < -0.3 is 16.0 Å². The summed E-state index contributed by atoms with van der Waals surface area (Å²) in [7, 11) is 1.80. The number of aryl methyl sites for hydroxylation is 1. The molecule has 0 aliphatic heterocycles. The van der Waals surface area contributed by atoms with Crippen LogP contribution in [0.3, 0.4) is 0 Å². The van der Waals surface area contributed by atoms with Gasteiger partial charge in [-0.3, -0.25) is 9.67 Å². The molecule has 0 bridgehead atoms. The Bertz CT molecular complexity index is 572. The molecule has 0 spiro atoms. The highest BCUT2D eigenvalue weighted by atomic mass is 127. The molecule has 2 aromatic heterocycles. The SMILES string of the molecule is CN=C(NCCCCNc1ccccn1)NCCCn1cccn1.I. The van der Waals surface area contributed by atoms with Crippen LogP contribution in [0.5, 0.6) is 0 Å². The molecule has 8 heteroatoms. The Labute approximate surface area is 166 Å². The van der Waals surface area contributed by atoms with Crippen LogP contribution in [0.2, 0.25) is 0 Å². The molecule has 0 saturated carbocycles. The fourth-order valence-corrected chi connectivity index (χ4v) is 2.24. The van der Waals surface area contributed by atoms with E-state index in [1.807, 2.05) is 35.1 Å². The van der Waals surface area contributed by atoms with Crippen LogP contribution < -0.4 is 16.0 Å². The van der Waals surface area contributed by atoms with Gasteiger partial charge in [0.2, 0.25) is 0 Å². The van der Waals surface area contributed by atoms with Crippen molar-refractivity contribution in [3.63, 3.8) is 0 Å². The largest absolute Gasteiger partial charge is 0.370 e. The first-order valence-electron chi connectivity index (χ1n) is 8.45. The quantitative estimate of drug-likeness (QED) is 0.221. The van der Waals surface area contributed by atoms with E-state index in [0.717, 1.165) is 57.2 Å². The minimum Gasteiger partial charge on any atom is -0.370 e. The van der Waals surface area contributed by atoms with Crippen LogP contribution in [0.15, 0.2) is 47.8 Å². The standard InChI is InChI=1S/C17H27N7.HI/c1-18-17(22-12-6-14-24-15-7-13-23-24)21-11-5-4-10-20-16-8-2-3-9-19-16;/h2-3,7-9,13,15H,4-6,10-12,14H2,1H3,(H,19,20)(H2,18,21,22);1H. The first-order valence-corrected chi connectivity index (χ1v) is 8.45. The van der Waals surface area contributed by atoms with Crippen molar-refractivity contribution < 1.29 is 0 Å². The third-order valence-corrected chi connectivity index (χ3v) is 3.51. The lowest BCUT2D eigenvalue weighted by Crippen LogP contribution is -2.38. The van der Waals surface area contributed by atoms with Gasteiger partial charge in [0, 0.05) is 51.8 Å². The first kappa shape index (κ1) is 21.2. The molecule has 2 aromatic rings. The second-order valence-corrected chi connectivity index (χ2v) is 5.40. The average Bonchev–Trinajstić information content (AvgIpc) is 3.14. The summed E-state index contributed by atoms with van der Waals surface area (Å²) >= 11 is 0. The van der Waals surface area contributed by atoms with Gasteiger partial charge >= 0.3 is 0 Å². The maximum Gasteiger partial charge on any atom is 0.190 e. The molecule has 3 N–H and O–H groups in total. The van der Waals surface area contributed by atoms with Crippen LogP contribution in [-0.4, -0.2) is 47.4 Å². The number of nitrogens with zero attached hydrogens (tertiary/aromatic N) is 4. The Balaban J connectivity index is 0.00000312. The molecule has 7 nitrogen and oxygen atoms in total. The van der Waals surface area contributed by atoms with Crippen LogP contribution >= 0.6 is 24.0 Å². The van der Waals surface area contributed by atoms with Crippen LogP contribution in [0.25, 0.3) is 0 Å². The van der Waals surface area contributed by atoms with Crippen LogP contribution in [0, 0.1) is 0 Å². The third-order valence-electron chi connectivity index (χ3n) is 3.51. The predicted octanol–water partition coefficient (Wildman–Crippen LogP) is 2.34. The minimum atomic E-state index is 0. The number of guanidine groups is 1. The average molecular weight is 457 g/mol. The van der Waals surface area contributed by atoms with E-state index >= 15 is 0 Å². The van der Waals surface area contributed by atoms with Crippen molar-refractivity contribution in [1.29, 1.82) is 0 Å². The lowest BCUT2D eigenvalue weighted by molar-refractivity contribution is 0.569. The number of aliphatic imine (C=N–C) groups is 1. The van der Waals surface area contributed by atoms with Gasteiger partial charge in [-0.15, -0.1) is 24.0 Å². The molecule has 0 aliphatic carbocycles. The van der Waals surface area contributed by atoms with Crippen molar-refractivity contribution in [1.82, 2.24) is 25.4 Å². The molecular formula is C17H28IN7. The summed E-state index contributed by atoms with van der Waals surface area (Å²) in [6.07, 6.45) is 8.75. The monoisotopic (exact) mass is 457 g/mol. The highest BCUT2D eigenvalue weighted by molar-refractivity contribution is 14.0. The zero-order valence-corrected chi connectivity index (χ0v) is 17.0. The van der Waals surface area contributed by atoms with Crippen molar-refractivity contribution in [2.45, 2.75) is 25.8 Å². The minimum absolute atomic E-state index is 0. The van der Waals surface area contributed by atoms with Gasteiger partial charge in [0.05, 0.1) is 0 Å². The Hall–Kier alpha value is -1.84. The molecule has 0 unspecified atom stereocenters. The summed E-state index contributed by atoms with van der Waals surface area (Å²) in [5.74, 6) is 1.79. The van der Waals surface area contributed by atoms with Gasteiger partial charge in [-0.1, -0.05) is 6.07 Å². The summed E-state index contributed by atoms with van der Waals surface area (Å²) in [5, 5.41) is 14.2. The zero-order chi connectivity index (χ0) is 16.9. The number of nitrogens with one attached hydrogen (secondary N) is 3. The summed E-state index contributed by atoms with van der Waals surface area (Å²) in [5.41, 5.74) is 0. The van der Waals surface area contributed by atoms with E-state index in [9.17, 15) is 0 Å². The number of hydrogen-bond acceptors (Lipinski definition) is 4. The van der Waals surface area contributed by atoms with E-state index in [1.54, 1.807) is 19.4 Å². The van der Waals surface area contributed by atoms with Gasteiger partial charge in [-0.25, -0.2) is 4.98 Å². The number of halogens is 1. The number of hydrogen-bond donors (Lipinski definition) is 3. The van der Waals surface area contributed by atoms with Crippen molar-refractivity contribution in [3.05, 3.63) is 42.9 Å². The van der Waals surface area contributed by atoms with E-state index < -0.39 is 0 Å². The number of rotatable bonds is 10. The van der Waals surface area contributed by atoms with Crippen LogP contribution in [0.1, 0.15) is 19.3 Å². The molecule has 2 heterocycles. The van der Waals surface area contributed by atoms with E-state index in [4.69, 9.17) is 0 Å². The fourth-order valence-electron chi connectivity index (χ4n) is 2.24. The lowest BCUT2D eigenvalue weighted by Gasteiger charge is -2.12. The normalized spacial score (nSPS) is 10.8. The van der Waals surface area contributed by atoms with E-state index in [1.165, 1.54) is 0 Å². The predicted molar refractivity (Wildman–Crippen MR) is 114 cm³/mol. The highest BCUT2D eigenvalue weighted by Crippen LogP contribution is 2.00. The molecule has 0 saturated heterocycles. The van der Waals surface area contributed by atoms with Gasteiger partial charge in [0.1, 0.15) is 5.82 Å². The second kappa shape index (κ2) is 13.5. The zero-order valence-electron chi connectivity index (χ0n) is 14.7. The van der Waals surface area contributed by atoms with Crippen molar-refractivity contribution >= 4 is 35.8 Å². The van der Waals surface area contributed by atoms with Gasteiger partial charge in [-0.2, -0.15) is 5.10 Å². The third kappa shape index (κ3) is 9.28. The van der Waals surface area contributed by atoms with E-state index in [0.29, 0.717) is 0 Å². The van der Waals surface area contributed by atoms with Gasteiger partial charge in [0.15, 0.2) is 5.96 Å². The Morgan fingerprint density at radius 2 is 1.84 bits per heavy atom. The summed E-state index contributed by atoms with van der Waals surface area (Å²) < 4.78 is 1.94. The molecule has 2 rings (SSSR count). The van der Waals surface area contributed by atoms with Gasteiger partial charge in [-0.05, 0) is 37.5 Å². The number of anilines is 1. The van der Waals surface area contributed by atoms with E-state index in [2.05, 4.69) is 31.0 Å². The van der Waals surface area contributed by atoms with Crippen molar-refractivity contribution in [2.75, 3.05) is 32.0 Å². The fraction of sp³-hybridized carbons (Fsp3) is 0.471. The Morgan fingerprint density at radius 3 is 2.52 bits per heavy atom. The molecule has 25 heavy (non-hydrogen) atoms. The maximum absolute atomic E-state index is 4.24. The molecule has 0 amide bonds. The molecule has 0 fully saturated rings. The highest BCUT2D eigenvalue weighted by Gasteiger charge is 1.97. The second-order valence-electron chi connectivity index (χ2n) is 5.40. The van der Waals surface area contributed by atoms with Gasteiger partial charge in [0.25, 0.3) is 0 Å². The van der Waals surface area contributed by atoms with Crippen molar-refractivity contribution in [3.8, 4) is 0 Å². The topological polar surface area (TPSA) is 79.2 Å². The summed E-state index contributed by atoms with van der Waals surface area (Å²) in [6, 6.07) is 7.82. The summed E-state index contributed by atoms with van der Waals surface area (Å²) in [4.78, 5) is 8.47. The smallest absolute Gasteiger partial charge is 0.190 e. The molecular weight excluding hydrogens is 429 g/mol. The molecule has 0 aromatic carbocycles. The Kier molecular flexibility index (Phi) is 11.4. The molecule has 0 radical (unpaired) electrons. The van der Waals surface area contributed by atoms with Crippen LogP contribution in [0.4, 0.5) is 5.82 Å². The Morgan fingerprint density at radius 1 is 1.04 bits per heavy atom. The first-order chi connectivity index (χ1) is 11.9. The number of pyridine rings is 1. The molecule has 0 aliphatic rings. The summed E-state index contributed by atoms with van der Waals surface area (Å²) in [6.45, 7) is 3.62.